The number of hydrogen-bond donors (Lipinski definition) is 1. The largest absolute Gasteiger partial charge is 0.398 e. The molecule has 0 fully saturated rings. The summed E-state index contributed by atoms with van der Waals surface area (Å²) >= 11 is 0. The summed E-state index contributed by atoms with van der Waals surface area (Å²) in [6.45, 7) is 6.60. The number of rotatable bonds is 0. The van der Waals surface area contributed by atoms with Crippen molar-refractivity contribution in [3.05, 3.63) is 34.9 Å². The number of nitrogens with two attached hydrogens (primary N) is 1. The number of anilines is 1. The van der Waals surface area contributed by atoms with Gasteiger partial charge >= 0.3 is 0 Å². The van der Waals surface area contributed by atoms with Gasteiger partial charge in [0.2, 0.25) is 5.69 Å². The summed E-state index contributed by atoms with van der Waals surface area (Å²) in [4.78, 5) is 2.94. The first-order valence-corrected chi connectivity index (χ1v) is 3.12. The third-order valence-electron chi connectivity index (χ3n) is 1.39. The van der Waals surface area contributed by atoms with Crippen molar-refractivity contribution < 1.29 is 4.39 Å². The second-order valence-electron chi connectivity index (χ2n) is 2.15. The second-order valence-corrected chi connectivity index (χ2v) is 2.15. The fraction of sp³-hybridized carbons (Fsp3) is 0. The Kier molecular flexibility index (Phi) is 1.98. The minimum Gasteiger partial charge on any atom is -0.398 e. The van der Waals surface area contributed by atoms with Crippen LogP contribution >= 0.6 is 0 Å². The van der Waals surface area contributed by atoms with E-state index in [9.17, 15) is 4.39 Å². The molecule has 0 aromatic heterocycles. The smallest absolute Gasteiger partial charge is 0.223 e. The zero-order valence-electron chi connectivity index (χ0n) is 6.13. The minimum atomic E-state index is -0.637. The highest BCUT2D eigenvalue weighted by Gasteiger charge is 2.05. The van der Waals surface area contributed by atoms with Crippen LogP contribution in [-0.2, 0) is 0 Å². The number of nitrogens with zero attached hydrogens (tertiary/aromatic N) is 1. The Morgan fingerprint density at radius 1 is 1.58 bits per heavy atom. The Morgan fingerprint density at radius 2 is 2.25 bits per heavy atom. The lowest BCUT2D eigenvalue weighted by Crippen LogP contribution is -1.91. The highest BCUT2D eigenvalue weighted by Crippen LogP contribution is 2.23. The first-order valence-electron chi connectivity index (χ1n) is 3.12. The van der Waals surface area contributed by atoms with Crippen molar-refractivity contribution in [1.29, 1.82) is 0 Å². The van der Waals surface area contributed by atoms with E-state index in [1.165, 1.54) is 6.07 Å². The molecular weight excluding hydrogens is 155 g/mol. The van der Waals surface area contributed by atoms with E-state index in [4.69, 9.17) is 18.7 Å². The van der Waals surface area contributed by atoms with Gasteiger partial charge in [0.1, 0.15) is 5.82 Å². The molecule has 2 N–H and O–H groups in total. The molecule has 58 valence electrons. The molecule has 0 atom stereocenters. The lowest BCUT2D eigenvalue weighted by molar-refractivity contribution is 0.634. The third kappa shape index (κ3) is 1.21. The Balaban J connectivity index is 3.42. The van der Waals surface area contributed by atoms with Gasteiger partial charge < -0.3 is 5.73 Å². The number of hydrogen-bond acceptors (Lipinski definition) is 1. The molecule has 12 heavy (non-hydrogen) atoms. The van der Waals surface area contributed by atoms with Crippen LogP contribution in [0.3, 0.4) is 0 Å². The lowest BCUT2D eigenvalue weighted by Gasteiger charge is -1.99. The summed E-state index contributed by atoms with van der Waals surface area (Å²) in [5, 5.41) is 0. The average molecular weight is 160 g/mol. The molecule has 0 saturated carbocycles. The zero-order valence-corrected chi connectivity index (χ0v) is 6.13. The maximum absolute atomic E-state index is 12.8. The van der Waals surface area contributed by atoms with Crippen LogP contribution in [0.2, 0.25) is 0 Å². The quantitative estimate of drug-likeness (QED) is 0.351. The number of nitrogen functional groups attached to an aromatic ring is 1. The lowest BCUT2D eigenvalue weighted by atomic mass is 10.1. The Labute approximate surface area is 69.6 Å². The van der Waals surface area contributed by atoms with Crippen LogP contribution < -0.4 is 5.73 Å². The van der Waals surface area contributed by atoms with Crippen molar-refractivity contribution in [1.82, 2.24) is 0 Å². The predicted molar refractivity (Wildman–Crippen MR) is 45.0 cm³/mol. The van der Waals surface area contributed by atoms with Gasteiger partial charge in [-0.15, -0.1) is 6.42 Å². The van der Waals surface area contributed by atoms with Gasteiger partial charge in [0, 0.05) is 11.3 Å². The molecule has 3 heteroatoms. The summed E-state index contributed by atoms with van der Waals surface area (Å²) in [5.74, 6) is 1.62. The van der Waals surface area contributed by atoms with Gasteiger partial charge in [-0.25, -0.2) is 9.24 Å². The first kappa shape index (κ1) is 8.10. The molecule has 0 bridgehead atoms. The molecule has 0 aliphatic carbocycles. The van der Waals surface area contributed by atoms with E-state index >= 15 is 0 Å². The van der Waals surface area contributed by atoms with Crippen molar-refractivity contribution in [3.63, 3.8) is 0 Å². The highest BCUT2D eigenvalue weighted by atomic mass is 19.1. The molecule has 0 heterocycles. The van der Waals surface area contributed by atoms with Crippen LogP contribution in [0.1, 0.15) is 5.56 Å². The van der Waals surface area contributed by atoms with Crippen LogP contribution in [0.4, 0.5) is 15.8 Å². The molecule has 0 unspecified atom stereocenters. The van der Waals surface area contributed by atoms with Gasteiger partial charge in [-0.2, -0.15) is 0 Å². The van der Waals surface area contributed by atoms with Crippen molar-refractivity contribution in [2.45, 2.75) is 0 Å². The van der Waals surface area contributed by atoms with Gasteiger partial charge in [-0.3, -0.25) is 0 Å². The maximum atomic E-state index is 12.8. The molecule has 0 aliphatic rings. The Hall–Kier alpha value is -2.00. The fourth-order valence-corrected chi connectivity index (χ4v) is 0.788. The number of halogens is 1. The number of terminal acetylenes is 1. The van der Waals surface area contributed by atoms with Crippen molar-refractivity contribution >= 4 is 11.4 Å². The van der Waals surface area contributed by atoms with Crippen LogP contribution in [-0.4, -0.2) is 0 Å². The predicted octanol–water partition coefficient (Wildman–Crippen LogP) is 1.94. The molecule has 1 aromatic carbocycles. The standard InChI is InChI=1S/C9H5FN2/c1-3-6-4-9(12-2)7(10)5-8(6)11/h1,4-5H,11H2. The van der Waals surface area contributed by atoms with Gasteiger partial charge in [-0.05, 0) is 12.1 Å². The summed E-state index contributed by atoms with van der Waals surface area (Å²) in [6, 6.07) is 2.32. The van der Waals surface area contributed by atoms with Crippen LogP contribution in [0.25, 0.3) is 4.85 Å². The maximum Gasteiger partial charge on any atom is 0.223 e. The van der Waals surface area contributed by atoms with Crippen molar-refractivity contribution in [2.75, 3.05) is 5.73 Å². The summed E-state index contributed by atoms with van der Waals surface area (Å²) in [5.41, 5.74) is 5.80. The van der Waals surface area contributed by atoms with E-state index in [1.807, 2.05) is 0 Å². The SMILES string of the molecule is [C-]#[N+]c1cc(C#C)c(N)cc1F. The summed E-state index contributed by atoms with van der Waals surface area (Å²) in [7, 11) is 0. The van der Waals surface area contributed by atoms with Gasteiger partial charge in [0.15, 0.2) is 0 Å². The van der Waals surface area contributed by atoms with Crippen molar-refractivity contribution in [2.24, 2.45) is 0 Å². The monoisotopic (exact) mass is 160 g/mol. The molecule has 0 saturated heterocycles. The fourth-order valence-electron chi connectivity index (χ4n) is 0.788. The van der Waals surface area contributed by atoms with E-state index < -0.39 is 5.82 Å². The molecule has 0 aliphatic heterocycles. The second kappa shape index (κ2) is 2.94. The molecule has 0 radical (unpaired) electrons. The third-order valence-corrected chi connectivity index (χ3v) is 1.39. The van der Waals surface area contributed by atoms with E-state index in [0.717, 1.165) is 6.07 Å². The van der Waals surface area contributed by atoms with Gasteiger partial charge in [0.25, 0.3) is 0 Å². The van der Waals surface area contributed by atoms with Crippen LogP contribution in [0, 0.1) is 24.7 Å². The summed E-state index contributed by atoms with van der Waals surface area (Å²) < 4.78 is 12.8. The van der Waals surface area contributed by atoms with E-state index in [0.29, 0.717) is 5.56 Å². The molecular formula is C9H5FN2. The van der Waals surface area contributed by atoms with Crippen LogP contribution in [0.15, 0.2) is 12.1 Å². The van der Waals surface area contributed by atoms with E-state index in [2.05, 4.69) is 10.8 Å². The van der Waals surface area contributed by atoms with Crippen molar-refractivity contribution in [3.8, 4) is 12.3 Å². The Bertz CT molecular complexity index is 361. The van der Waals surface area contributed by atoms with E-state index in [1.54, 1.807) is 0 Å². The number of benzene rings is 1. The normalized spacial score (nSPS) is 8.58. The molecule has 0 spiro atoms. The first-order chi connectivity index (χ1) is 5.69. The highest BCUT2D eigenvalue weighted by molar-refractivity contribution is 5.63. The van der Waals surface area contributed by atoms with E-state index in [-0.39, 0.29) is 11.4 Å². The average Bonchev–Trinajstić information content (AvgIpc) is 2.05. The molecule has 2 nitrogen and oxygen atoms in total. The van der Waals surface area contributed by atoms with Gasteiger partial charge in [0.05, 0.1) is 6.57 Å². The molecule has 1 rings (SSSR count). The molecule has 0 amide bonds. The van der Waals surface area contributed by atoms with Gasteiger partial charge in [-0.1, -0.05) is 5.92 Å². The minimum absolute atomic E-state index is 0.0999. The Morgan fingerprint density at radius 3 is 2.75 bits per heavy atom. The van der Waals surface area contributed by atoms with Crippen LogP contribution in [0.5, 0.6) is 0 Å². The summed E-state index contributed by atoms with van der Waals surface area (Å²) in [6.07, 6.45) is 5.07. The zero-order chi connectivity index (χ0) is 9.14. The molecule has 1 aromatic rings. The topological polar surface area (TPSA) is 30.4 Å².